The zero-order valence-electron chi connectivity index (χ0n) is 16.6. The molecule has 1 fully saturated rings. The molecule has 7 heteroatoms. The predicted octanol–water partition coefficient (Wildman–Crippen LogP) is 2.57. The monoisotopic (exact) mass is 436 g/mol. The molecule has 0 bridgehead atoms. The Bertz CT molecular complexity index is 780. The number of amides is 1. The van der Waals surface area contributed by atoms with E-state index in [9.17, 15) is 4.79 Å². The average Bonchev–Trinajstić information content (AvgIpc) is 3.17. The molecule has 1 amide bonds. The van der Waals surface area contributed by atoms with Crippen LogP contribution in [-0.2, 0) is 31.0 Å². The lowest BCUT2D eigenvalue weighted by Gasteiger charge is -2.34. The molecule has 29 heavy (non-hydrogen) atoms. The van der Waals surface area contributed by atoms with Crippen LogP contribution in [0.3, 0.4) is 0 Å². The van der Waals surface area contributed by atoms with Gasteiger partial charge in [-0.3, -0.25) is 14.6 Å². The summed E-state index contributed by atoms with van der Waals surface area (Å²) in [5.74, 6) is 0.116. The van der Waals surface area contributed by atoms with E-state index < -0.39 is 0 Å². The molecule has 2 heterocycles. The number of carbonyl (C=O) groups excluding carboxylic acids is 1. The molecule has 0 radical (unpaired) electrons. The number of fused-ring (bicyclic) bond motifs is 1. The van der Waals surface area contributed by atoms with Crippen LogP contribution in [0.25, 0.3) is 0 Å². The maximum Gasteiger partial charge on any atom is 0.234 e. The molecule has 2 aliphatic rings. The molecule has 0 aromatic heterocycles. The van der Waals surface area contributed by atoms with Crippen LogP contribution in [0.5, 0.6) is 0 Å². The van der Waals surface area contributed by atoms with E-state index in [2.05, 4.69) is 69.0 Å². The minimum atomic E-state index is 0. The summed E-state index contributed by atoms with van der Waals surface area (Å²) in [6.07, 6.45) is 0. The highest BCUT2D eigenvalue weighted by Gasteiger charge is 2.19. The van der Waals surface area contributed by atoms with Crippen molar-refractivity contribution in [1.29, 1.82) is 0 Å². The maximum absolute atomic E-state index is 12.3. The molecule has 2 aromatic rings. The summed E-state index contributed by atoms with van der Waals surface area (Å²) in [6.45, 7) is 7.91. The molecular weight excluding hydrogens is 407 g/mol. The average molecular weight is 437 g/mol. The second kappa shape index (κ2) is 11.5. The van der Waals surface area contributed by atoms with Gasteiger partial charge in [-0.2, -0.15) is 0 Å². The fourth-order valence-corrected chi connectivity index (χ4v) is 3.86. The number of nitrogens with zero attached hydrogens (tertiary/aromatic N) is 2. The summed E-state index contributed by atoms with van der Waals surface area (Å²) < 4.78 is 0. The SMILES string of the molecule is Cl.Cl.O=C(CN1CCN(Cc2ccccc2)CC1)NCc1ccc2c(c1)CNC2. The number of halogens is 2. The van der Waals surface area contributed by atoms with Crippen LogP contribution in [0.15, 0.2) is 48.5 Å². The number of piperazine rings is 1. The first-order valence-corrected chi connectivity index (χ1v) is 9.83. The normalized spacial score (nSPS) is 16.4. The van der Waals surface area contributed by atoms with Gasteiger partial charge in [0.2, 0.25) is 5.91 Å². The summed E-state index contributed by atoms with van der Waals surface area (Å²) in [5, 5.41) is 6.43. The summed E-state index contributed by atoms with van der Waals surface area (Å²) in [4.78, 5) is 17.0. The van der Waals surface area contributed by atoms with Gasteiger partial charge in [-0.05, 0) is 22.3 Å². The number of carbonyl (C=O) groups is 1. The first-order chi connectivity index (χ1) is 13.3. The van der Waals surface area contributed by atoms with Gasteiger partial charge in [0, 0.05) is 52.4 Å². The fourth-order valence-electron chi connectivity index (χ4n) is 3.86. The Morgan fingerprint density at radius 1 is 0.862 bits per heavy atom. The summed E-state index contributed by atoms with van der Waals surface area (Å²) in [7, 11) is 0. The Morgan fingerprint density at radius 2 is 1.55 bits per heavy atom. The molecule has 158 valence electrons. The standard InChI is InChI=1S/C22H28N4O.2ClH/c27-22(24-13-19-6-7-20-14-23-15-21(20)12-19)17-26-10-8-25(9-11-26)16-18-4-2-1-3-5-18;;/h1-7,12,23H,8-11,13-17H2,(H,24,27);2*1H. The van der Waals surface area contributed by atoms with Gasteiger partial charge in [0.05, 0.1) is 6.54 Å². The van der Waals surface area contributed by atoms with Crippen molar-refractivity contribution in [3.05, 3.63) is 70.8 Å². The molecule has 1 saturated heterocycles. The fraction of sp³-hybridized carbons (Fsp3) is 0.409. The number of rotatable bonds is 6. The first kappa shape index (κ1) is 23.6. The number of nitrogens with one attached hydrogen (secondary N) is 2. The van der Waals surface area contributed by atoms with Crippen molar-refractivity contribution in [2.24, 2.45) is 0 Å². The Kier molecular flexibility index (Phi) is 9.40. The van der Waals surface area contributed by atoms with Crippen LogP contribution in [0.2, 0.25) is 0 Å². The van der Waals surface area contributed by atoms with Crippen molar-refractivity contribution in [1.82, 2.24) is 20.4 Å². The molecule has 0 spiro atoms. The van der Waals surface area contributed by atoms with E-state index in [1.54, 1.807) is 0 Å². The van der Waals surface area contributed by atoms with Gasteiger partial charge in [0.1, 0.15) is 0 Å². The molecule has 4 rings (SSSR count). The predicted molar refractivity (Wildman–Crippen MR) is 121 cm³/mol. The molecule has 0 atom stereocenters. The third kappa shape index (κ3) is 6.69. The van der Waals surface area contributed by atoms with Crippen LogP contribution in [0.1, 0.15) is 22.3 Å². The first-order valence-electron chi connectivity index (χ1n) is 9.83. The van der Waals surface area contributed by atoms with Crippen molar-refractivity contribution in [2.75, 3.05) is 32.7 Å². The van der Waals surface area contributed by atoms with Gasteiger partial charge in [0.25, 0.3) is 0 Å². The molecule has 2 N–H and O–H groups in total. The Balaban J connectivity index is 0.00000150. The van der Waals surface area contributed by atoms with Crippen LogP contribution in [0, 0.1) is 0 Å². The maximum atomic E-state index is 12.3. The van der Waals surface area contributed by atoms with Crippen molar-refractivity contribution < 1.29 is 4.79 Å². The summed E-state index contributed by atoms with van der Waals surface area (Å²) in [6, 6.07) is 17.1. The van der Waals surface area contributed by atoms with Gasteiger partial charge in [0.15, 0.2) is 0 Å². The smallest absolute Gasteiger partial charge is 0.234 e. The number of benzene rings is 2. The minimum absolute atomic E-state index is 0. The van der Waals surface area contributed by atoms with E-state index >= 15 is 0 Å². The molecular formula is C22H30Cl2N4O. The molecule has 2 aromatic carbocycles. The Morgan fingerprint density at radius 3 is 2.31 bits per heavy atom. The van der Waals surface area contributed by atoms with E-state index in [1.165, 1.54) is 22.3 Å². The zero-order valence-corrected chi connectivity index (χ0v) is 18.2. The lowest BCUT2D eigenvalue weighted by Crippen LogP contribution is -2.49. The van der Waals surface area contributed by atoms with Crippen LogP contribution < -0.4 is 10.6 Å². The highest BCUT2D eigenvalue weighted by atomic mass is 35.5. The third-order valence-corrected chi connectivity index (χ3v) is 5.47. The van der Waals surface area contributed by atoms with Crippen molar-refractivity contribution >= 4 is 30.7 Å². The quantitative estimate of drug-likeness (QED) is 0.730. The zero-order chi connectivity index (χ0) is 18.5. The molecule has 0 saturated carbocycles. The number of hydrogen-bond donors (Lipinski definition) is 2. The minimum Gasteiger partial charge on any atom is -0.351 e. The van der Waals surface area contributed by atoms with Crippen molar-refractivity contribution in [2.45, 2.75) is 26.2 Å². The van der Waals surface area contributed by atoms with Gasteiger partial charge >= 0.3 is 0 Å². The van der Waals surface area contributed by atoms with Crippen molar-refractivity contribution in [3.63, 3.8) is 0 Å². The van der Waals surface area contributed by atoms with E-state index in [0.29, 0.717) is 13.1 Å². The third-order valence-electron chi connectivity index (χ3n) is 5.47. The molecule has 0 unspecified atom stereocenters. The lowest BCUT2D eigenvalue weighted by molar-refractivity contribution is -0.122. The van der Waals surface area contributed by atoms with Gasteiger partial charge in [-0.15, -0.1) is 24.8 Å². The van der Waals surface area contributed by atoms with E-state index in [1.807, 2.05) is 0 Å². The topological polar surface area (TPSA) is 47.6 Å². The van der Waals surface area contributed by atoms with Crippen LogP contribution in [0.4, 0.5) is 0 Å². The van der Waals surface area contributed by atoms with E-state index in [0.717, 1.165) is 45.8 Å². The largest absolute Gasteiger partial charge is 0.351 e. The van der Waals surface area contributed by atoms with Gasteiger partial charge < -0.3 is 10.6 Å². The van der Waals surface area contributed by atoms with Crippen molar-refractivity contribution in [3.8, 4) is 0 Å². The Labute approximate surface area is 185 Å². The second-order valence-corrected chi connectivity index (χ2v) is 7.52. The lowest BCUT2D eigenvalue weighted by atomic mass is 10.1. The van der Waals surface area contributed by atoms with E-state index in [-0.39, 0.29) is 30.7 Å². The van der Waals surface area contributed by atoms with E-state index in [4.69, 9.17) is 0 Å². The highest BCUT2D eigenvalue weighted by molar-refractivity contribution is 5.85. The van der Waals surface area contributed by atoms with Gasteiger partial charge in [-0.25, -0.2) is 0 Å². The molecule has 0 aliphatic carbocycles. The van der Waals surface area contributed by atoms with Crippen LogP contribution >= 0.6 is 24.8 Å². The molecule has 5 nitrogen and oxygen atoms in total. The van der Waals surface area contributed by atoms with Crippen LogP contribution in [-0.4, -0.2) is 48.4 Å². The number of hydrogen-bond acceptors (Lipinski definition) is 4. The highest BCUT2D eigenvalue weighted by Crippen LogP contribution is 2.17. The summed E-state index contributed by atoms with van der Waals surface area (Å²) >= 11 is 0. The second-order valence-electron chi connectivity index (χ2n) is 7.52. The summed E-state index contributed by atoms with van der Waals surface area (Å²) in [5.41, 5.74) is 5.27. The molecule has 2 aliphatic heterocycles. The van der Waals surface area contributed by atoms with Gasteiger partial charge in [-0.1, -0.05) is 48.5 Å². The Hall–Kier alpha value is -1.63.